The zero-order chi connectivity index (χ0) is 25.1. The number of sulfonamides is 1. The van der Waals surface area contributed by atoms with Crippen LogP contribution in [-0.2, 0) is 20.9 Å². The van der Waals surface area contributed by atoms with Gasteiger partial charge in [0.05, 0.1) is 50.7 Å². The Balaban J connectivity index is 1.90. The first-order valence-electron chi connectivity index (χ1n) is 9.42. The minimum atomic E-state index is -4.66. The monoisotopic (exact) mass is 556 g/mol. The molecule has 0 aliphatic heterocycles. The Hall–Kier alpha value is -3.38. The lowest BCUT2D eigenvalue weighted by Gasteiger charge is -2.18. The molecular formula is C22H16BrF3N2O5S. The molecule has 1 amide bonds. The summed E-state index contributed by atoms with van der Waals surface area (Å²) in [5, 5.41) is 2.52. The quantitative estimate of drug-likeness (QED) is 0.330. The van der Waals surface area contributed by atoms with Gasteiger partial charge in [0.1, 0.15) is 0 Å². The minimum absolute atomic E-state index is 0.0642. The van der Waals surface area contributed by atoms with Gasteiger partial charge in [-0.2, -0.15) is 16.5 Å². The molecule has 1 N–H and O–H groups in total. The van der Waals surface area contributed by atoms with Crippen LogP contribution in [0.25, 0.3) is 0 Å². The van der Waals surface area contributed by atoms with Gasteiger partial charge in [-0.25, -0.2) is 13.2 Å². The SMILES string of the molecule is COC(=O)c1ccccc1NC(=O)c1cccc(S(=O)(=O)N(Br)c2cccc(C(F)(F)F)c2)c1. The lowest BCUT2D eigenvalue weighted by Crippen LogP contribution is -2.22. The number of esters is 1. The van der Waals surface area contributed by atoms with Gasteiger partial charge >= 0.3 is 12.1 Å². The fourth-order valence-electron chi connectivity index (χ4n) is 2.90. The van der Waals surface area contributed by atoms with E-state index < -0.39 is 33.6 Å². The lowest BCUT2D eigenvalue weighted by molar-refractivity contribution is -0.137. The van der Waals surface area contributed by atoms with Crippen molar-refractivity contribution in [3.63, 3.8) is 0 Å². The third kappa shape index (κ3) is 5.39. The van der Waals surface area contributed by atoms with Gasteiger partial charge in [-0.1, -0.05) is 24.3 Å². The number of halogens is 4. The summed E-state index contributed by atoms with van der Waals surface area (Å²) in [5.41, 5.74) is -1.12. The van der Waals surface area contributed by atoms with E-state index in [1.807, 2.05) is 0 Å². The second kappa shape index (κ2) is 9.85. The highest BCUT2D eigenvalue weighted by molar-refractivity contribution is 9.11. The maximum Gasteiger partial charge on any atom is 0.416 e. The van der Waals surface area contributed by atoms with E-state index in [1.165, 1.54) is 43.5 Å². The van der Waals surface area contributed by atoms with Crippen LogP contribution in [-0.4, -0.2) is 27.4 Å². The summed E-state index contributed by atoms with van der Waals surface area (Å²) in [6, 6.07) is 14.7. The molecule has 0 aliphatic rings. The zero-order valence-corrected chi connectivity index (χ0v) is 19.7. The fraction of sp³-hybridized carbons (Fsp3) is 0.0909. The van der Waals surface area contributed by atoms with Gasteiger partial charge in [-0.05, 0) is 48.5 Å². The maximum absolute atomic E-state index is 13.0. The third-order valence-electron chi connectivity index (χ3n) is 4.56. The standard InChI is InChI=1S/C22H16BrF3N2O5S/c1-33-21(30)18-10-2-3-11-19(18)27-20(29)14-6-4-9-17(12-14)34(31,32)28(23)16-8-5-7-15(13-16)22(24,25)26/h2-13H,1H3,(H,27,29). The summed E-state index contributed by atoms with van der Waals surface area (Å²) < 4.78 is 70.3. The van der Waals surface area contributed by atoms with E-state index in [9.17, 15) is 31.2 Å². The smallest absolute Gasteiger partial charge is 0.416 e. The topological polar surface area (TPSA) is 92.8 Å². The summed E-state index contributed by atoms with van der Waals surface area (Å²) in [6.07, 6.45) is -4.66. The molecular weight excluding hydrogens is 541 g/mol. The second-order valence-corrected chi connectivity index (χ2v) is 9.75. The van der Waals surface area contributed by atoms with Gasteiger partial charge < -0.3 is 10.1 Å². The molecule has 0 heterocycles. The van der Waals surface area contributed by atoms with Crippen LogP contribution in [0.5, 0.6) is 0 Å². The number of nitrogens with zero attached hydrogens (tertiary/aromatic N) is 1. The van der Waals surface area contributed by atoms with E-state index in [-0.39, 0.29) is 27.4 Å². The molecule has 3 aromatic rings. The molecule has 178 valence electrons. The number of amides is 1. The van der Waals surface area contributed by atoms with Gasteiger partial charge in [0.25, 0.3) is 15.9 Å². The first kappa shape index (κ1) is 25.2. The van der Waals surface area contributed by atoms with Gasteiger partial charge in [0, 0.05) is 5.56 Å². The number of methoxy groups -OCH3 is 1. The Kier molecular flexibility index (Phi) is 7.32. The molecule has 0 bridgehead atoms. The number of carbonyl (C=O) groups is 2. The molecule has 12 heteroatoms. The zero-order valence-electron chi connectivity index (χ0n) is 17.3. The fourth-order valence-corrected chi connectivity index (χ4v) is 4.72. The highest BCUT2D eigenvalue weighted by Crippen LogP contribution is 2.34. The molecule has 0 aliphatic carbocycles. The summed E-state index contributed by atoms with van der Waals surface area (Å²) >= 11 is 2.82. The number of hydrogen-bond acceptors (Lipinski definition) is 5. The van der Waals surface area contributed by atoms with Gasteiger partial charge in [-0.15, -0.1) is 0 Å². The number of nitrogens with one attached hydrogen (secondary N) is 1. The molecule has 0 unspecified atom stereocenters. The number of alkyl halides is 3. The number of anilines is 2. The summed E-state index contributed by atoms with van der Waals surface area (Å²) in [5.74, 6) is -1.39. The number of rotatable bonds is 6. The molecule has 0 saturated carbocycles. The van der Waals surface area contributed by atoms with Gasteiger partial charge in [0.15, 0.2) is 0 Å². The van der Waals surface area contributed by atoms with Crippen molar-refractivity contribution >= 4 is 49.4 Å². The predicted molar refractivity (Wildman–Crippen MR) is 122 cm³/mol. The van der Waals surface area contributed by atoms with Crippen molar-refractivity contribution in [1.82, 2.24) is 0 Å². The molecule has 3 rings (SSSR count). The Morgan fingerprint density at radius 2 is 1.65 bits per heavy atom. The molecule has 0 saturated heterocycles. The average Bonchev–Trinajstić information content (AvgIpc) is 2.83. The van der Waals surface area contributed by atoms with E-state index in [0.29, 0.717) is 9.40 Å². The number of carbonyl (C=O) groups excluding carboxylic acids is 2. The normalized spacial score (nSPS) is 11.6. The number of benzene rings is 3. The van der Waals surface area contributed by atoms with E-state index >= 15 is 0 Å². The molecule has 0 spiro atoms. The van der Waals surface area contributed by atoms with Crippen LogP contribution in [0.1, 0.15) is 26.3 Å². The van der Waals surface area contributed by atoms with Gasteiger partial charge in [-0.3, -0.25) is 4.79 Å². The number of ether oxygens (including phenoxy) is 1. The molecule has 0 aromatic heterocycles. The van der Waals surface area contributed by atoms with Crippen LogP contribution in [0.4, 0.5) is 24.5 Å². The van der Waals surface area contributed by atoms with Crippen molar-refractivity contribution in [1.29, 1.82) is 0 Å². The van der Waals surface area contributed by atoms with Crippen molar-refractivity contribution < 1.29 is 35.9 Å². The number of hydrogen-bond donors (Lipinski definition) is 1. The molecule has 0 radical (unpaired) electrons. The van der Waals surface area contributed by atoms with Crippen molar-refractivity contribution in [3.05, 3.63) is 89.5 Å². The first-order chi connectivity index (χ1) is 15.9. The largest absolute Gasteiger partial charge is 0.465 e. The highest BCUT2D eigenvalue weighted by atomic mass is 79.9. The average molecular weight is 557 g/mol. The van der Waals surface area contributed by atoms with E-state index in [4.69, 9.17) is 0 Å². The molecule has 34 heavy (non-hydrogen) atoms. The molecule has 0 fully saturated rings. The van der Waals surface area contributed by atoms with Crippen LogP contribution < -0.4 is 8.65 Å². The lowest BCUT2D eigenvalue weighted by atomic mass is 10.1. The van der Waals surface area contributed by atoms with E-state index in [1.54, 1.807) is 12.1 Å². The maximum atomic E-state index is 13.0. The Labute approximate surface area is 201 Å². The van der Waals surface area contributed by atoms with Crippen molar-refractivity contribution in [3.8, 4) is 0 Å². The predicted octanol–water partition coefficient (Wildman–Crippen LogP) is 5.25. The Morgan fingerprint density at radius 1 is 0.971 bits per heavy atom. The van der Waals surface area contributed by atoms with E-state index in [2.05, 4.69) is 26.2 Å². The molecule has 0 atom stereocenters. The van der Waals surface area contributed by atoms with Crippen molar-refractivity contribution in [2.24, 2.45) is 0 Å². The summed E-state index contributed by atoms with van der Waals surface area (Å²) in [4.78, 5) is 24.3. The van der Waals surface area contributed by atoms with E-state index in [0.717, 1.165) is 18.2 Å². The second-order valence-electron chi connectivity index (χ2n) is 6.79. The number of para-hydroxylation sites is 1. The van der Waals surface area contributed by atoms with Crippen molar-refractivity contribution in [2.75, 3.05) is 15.8 Å². The highest BCUT2D eigenvalue weighted by Gasteiger charge is 2.32. The third-order valence-corrected chi connectivity index (χ3v) is 7.60. The van der Waals surface area contributed by atoms with Crippen LogP contribution in [0.3, 0.4) is 0 Å². The van der Waals surface area contributed by atoms with Crippen LogP contribution >= 0.6 is 16.1 Å². The Bertz CT molecular complexity index is 1350. The molecule has 3 aromatic carbocycles. The summed E-state index contributed by atoms with van der Waals surface area (Å²) in [6.45, 7) is 0. The van der Waals surface area contributed by atoms with Gasteiger partial charge in [0.2, 0.25) is 0 Å². The van der Waals surface area contributed by atoms with Crippen LogP contribution in [0.15, 0.2) is 77.7 Å². The Morgan fingerprint density at radius 3 is 2.32 bits per heavy atom. The van der Waals surface area contributed by atoms with Crippen molar-refractivity contribution in [2.45, 2.75) is 11.1 Å². The minimum Gasteiger partial charge on any atom is -0.465 e. The summed E-state index contributed by atoms with van der Waals surface area (Å²) in [7, 11) is -3.19. The first-order valence-corrected chi connectivity index (χ1v) is 11.6. The van der Waals surface area contributed by atoms with Crippen LogP contribution in [0, 0.1) is 0 Å². The van der Waals surface area contributed by atoms with Crippen LogP contribution in [0.2, 0.25) is 0 Å². The molecule has 7 nitrogen and oxygen atoms in total.